The molecule has 0 atom stereocenters. The molecule has 0 aliphatic carbocycles. The summed E-state index contributed by atoms with van der Waals surface area (Å²) in [5.74, 6) is 0. The molecule has 1 aliphatic rings. The Hall–Kier alpha value is -1.43. The topological polar surface area (TPSA) is 30.3 Å². The van der Waals surface area contributed by atoms with Crippen molar-refractivity contribution in [3.8, 4) is 0 Å². The number of nitrogens with one attached hydrogen (secondary N) is 1. The Morgan fingerprint density at radius 2 is 1.60 bits per heavy atom. The van der Waals surface area contributed by atoms with E-state index >= 15 is 0 Å². The first-order valence-electron chi connectivity index (χ1n) is 6.80. The van der Waals surface area contributed by atoms with E-state index in [9.17, 15) is 13.2 Å². The van der Waals surface area contributed by atoms with Gasteiger partial charge in [-0.05, 0) is 25.1 Å². The molecule has 1 aromatic rings. The molecular formula is C14H19F3N3-. The molecule has 1 aromatic carbocycles. The lowest BCUT2D eigenvalue weighted by Gasteiger charge is -2.36. The van der Waals surface area contributed by atoms with Gasteiger partial charge < -0.3 is 10.6 Å². The van der Waals surface area contributed by atoms with E-state index in [1.165, 1.54) is 0 Å². The van der Waals surface area contributed by atoms with Crippen molar-refractivity contribution < 1.29 is 13.2 Å². The van der Waals surface area contributed by atoms with Crippen molar-refractivity contribution in [3.05, 3.63) is 30.0 Å². The molecule has 0 bridgehead atoms. The Bertz CT molecular complexity index is 409. The maximum atomic E-state index is 12.1. The van der Waals surface area contributed by atoms with Crippen LogP contribution < -0.4 is 4.90 Å². The Labute approximate surface area is 117 Å². The summed E-state index contributed by atoms with van der Waals surface area (Å²) in [4.78, 5) is 4.29. The minimum atomic E-state index is -4.04. The van der Waals surface area contributed by atoms with Gasteiger partial charge in [-0.3, -0.25) is 4.90 Å². The number of alkyl halides is 3. The van der Waals surface area contributed by atoms with E-state index in [-0.39, 0.29) is 6.42 Å². The van der Waals surface area contributed by atoms with Crippen molar-refractivity contribution >= 4 is 11.4 Å². The summed E-state index contributed by atoms with van der Waals surface area (Å²) in [6.07, 6.45) is -4.56. The fraction of sp³-hybridized carbons (Fsp3) is 0.571. The first kappa shape index (κ1) is 15.0. The number of anilines is 1. The van der Waals surface area contributed by atoms with Gasteiger partial charge in [-0.15, -0.1) is 5.69 Å². The maximum absolute atomic E-state index is 12.1. The highest BCUT2D eigenvalue weighted by Crippen LogP contribution is 2.23. The van der Waals surface area contributed by atoms with Crippen LogP contribution in [0.3, 0.4) is 0 Å². The van der Waals surface area contributed by atoms with E-state index in [4.69, 9.17) is 5.73 Å². The summed E-state index contributed by atoms with van der Waals surface area (Å²) in [6.45, 7) is 3.74. The molecule has 3 nitrogen and oxygen atoms in total. The van der Waals surface area contributed by atoms with Crippen molar-refractivity contribution in [2.45, 2.75) is 19.0 Å². The minimum Gasteiger partial charge on any atom is -0.699 e. The van der Waals surface area contributed by atoms with Gasteiger partial charge in [0.1, 0.15) is 0 Å². The molecule has 1 heterocycles. The van der Waals surface area contributed by atoms with Crippen LogP contribution in [0.25, 0.3) is 5.73 Å². The zero-order valence-electron chi connectivity index (χ0n) is 11.3. The number of hydrogen-bond acceptors (Lipinski definition) is 2. The molecule has 112 valence electrons. The van der Waals surface area contributed by atoms with Gasteiger partial charge in [0.15, 0.2) is 0 Å². The zero-order chi connectivity index (χ0) is 14.6. The molecule has 0 unspecified atom stereocenters. The van der Waals surface area contributed by atoms with E-state index in [1.807, 2.05) is 12.1 Å². The lowest BCUT2D eigenvalue weighted by atomic mass is 10.2. The van der Waals surface area contributed by atoms with Gasteiger partial charge in [0.2, 0.25) is 0 Å². The molecule has 0 radical (unpaired) electrons. The molecule has 6 heteroatoms. The van der Waals surface area contributed by atoms with Crippen LogP contribution in [0, 0.1) is 0 Å². The molecule has 1 aliphatic heterocycles. The lowest BCUT2D eigenvalue weighted by molar-refractivity contribution is -0.136. The third-order valence-electron chi connectivity index (χ3n) is 3.54. The highest BCUT2D eigenvalue weighted by Gasteiger charge is 2.27. The zero-order valence-corrected chi connectivity index (χ0v) is 11.3. The molecule has 1 fully saturated rings. The Morgan fingerprint density at radius 1 is 1.00 bits per heavy atom. The molecule has 0 amide bonds. The van der Waals surface area contributed by atoms with E-state index in [0.717, 1.165) is 31.9 Å². The van der Waals surface area contributed by atoms with Gasteiger partial charge in [-0.2, -0.15) is 13.2 Å². The van der Waals surface area contributed by atoms with Crippen LogP contribution in [-0.4, -0.2) is 43.8 Å². The molecule has 2 rings (SSSR count). The highest BCUT2D eigenvalue weighted by molar-refractivity contribution is 5.55. The molecule has 0 aromatic heterocycles. The van der Waals surface area contributed by atoms with Crippen molar-refractivity contribution in [1.82, 2.24) is 4.90 Å². The standard InChI is InChI=1S/C14H19F3N3/c15-14(16,17)6-1-7-19-8-10-20(11-9-19)13-4-2-12(18)3-5-13/h2-5,18H,1,6-11H2/q-1. The summed E-state index contributed by atoms with van der Waals surface area (Å²) in [5.41, 5.74) is 9.01. The molecule has 1 saturated heterocycles. The average Bonchev–Trinajstić information content (AvgIpc) is 2.39. The van der Waals surface area contributed by atoms with Gasteiger partial charge >= 0.3 is 6.18 Å². The van der Waals surface area contributed by atoms with E-state index < -0.39 is 12.6 Å². The van der Waals surface area contributed by atoms with Crippen molar-refractivity contribution in [3.63, 3.8) is 0 Å². The smallest absolute Gasteiger partial charge is 0.389 e. The van der Waals surface area contributed by atoms with Crippen LogP contribution in [0.2, 0.25) is 0 Å². The van der Waals surface area contributed by atoms with Crippen LogP contribution in [0.5, 0.6) is 0 Å². The van der Waals surface area contributed by atoms with Crippen LogP contribution in [0.4, 0.5) is 24.5 Å². The van der Waals surface area contributed by atoms with E-state index in [0.29, 0.717) is 12.2 Å². The third kappa shape index (κ3) is 4.59. The largest absolute Gasteiger partial charge is 0.699 e. The Balaban J connectivity index is 1.74. The van der Waals surface area contributed by atoms with Crippen LogP contribution in [0.15, 0.2) is 24.3 Å². The Morgan fingerprint density at radius 3 is 2.15 bits per heavy atom. The summed E-state index contributed by atoms with van der Waals surface area (Å²) >= 11 is 0. The molecule has 20 heavy (non-hydrogen) atoms. The number of nitrogens with zero attached hydrogens (tertiary/aromatic N) is 2. The van der Waals surface area contributed by atoms with Crippen molar-refractivity contribution in [1.29, 1.82) is 0 Å². The lowest BCUT2D eigenvalue weighted by Crippen LogP contribution is -2.46. The summed E-state index contributed by atoms with van der Waals surface area (Å²) in [6, 6.07) is 7.35. The average molecular weight is 286 g/mol. The number of rotatable bonds is 4. The third-order valence-corrected chi connectivity index (χ3v) is 3.54. The number of halogens is 3. The normalized spacial score (nSPS) is 17.4. The van der Waals surface area contributed by atoms with Crippen LogP contribution in [0.1, 0.15) is 12.8 Å². The molecule has 1 N–H and O–H groups in total. The first-order valence-corrected chi connectivity index (χ1v) is 6.80. The second-order valence-corrected chi connectivity index (χ2v) is 5.09. The second kappa shape index (κ2) is 6.35. The van der Waals surface area contributed by atoms with Gasteiger partial charge in [-0.1, -0.05) is 12.1 Å². The fourth-order valence-corrected chi connectivity index (χ4v) is 2.41. The minimum absolute atomic E-state index is 0.178. The monoisotopic (exact) mass is 286 g/mol. The first-order chi connectivity index (χ1) is 9.44. The van der Waals surface area contributed by atoms with Crippen LogP contribution >= 0.6 is 0 Å². The van der Waals surface area contributed by atoms with Gasteiger partial charge in [0, 0.05) is 38.3 Å². The summed E-state index contributed by atoms with van der Waals surface area (Å²) in [5, 5.41) is 0. The molecular weight excluding hydrogens is 267 g/mol. The van der Waals surface area contributed by atoms with Gasteiger partial charge in [-0.25, -0.2) is 0 Å². The maximum Gasteiger partial charge on any atom is 0.389 e. The van der Waals surface area contributed by atoms with Gasteiger partial charge in [0.25, 0.3) is 0 Å². The predicted octanol–water partition coefficient (Wildman–Crippen LogP) is 3.83. The highest BCUT2D eigenvalue weighted by atomic mass is 19.4. The van der Waals surface area contributed by atoms with Gasteiger partial charge in [0.05, 0.1) is 0 Å². The van der Waals surface area contributed by atoms with E-state index in [1.54, 1.807) is 12.1 Å². The molecule has 0 saturated carbocycles. The van der Waals surface area contributed by atoms with E-state index in [2.05, 4.69) is 9.80 Å². The number of hydrogen-bond donors (Lipinski definition) is 0. The quantitative estimate of drug-likeness (QED) is 0.842. The number of benzene rings is 1. The Kier molecular flexibility index (Phi) is 4.75. The second-order valence-electron chi connectivity index (χ2n) is 5.09. The van der Waals surface area contributed by atoms with Crippen molar-refractivity contribution in [2.24, 2.45) is 0 Å². The fourth-order valence-electron chi connectivity index (χ4n) is 2.41. The van der Waals surface area contributed by atoms with Crippen molar-refractivity contribution in [2.75, 3.05) is 37.6 Å². The predicted molar refractivity (Wildman–Crippen MR) is 74.4 cm³/mol. The summed E-state index contributed by atoms with van der Waals surface area (Å²) < 4.78 is 36.3. The number of piperazine rings is 1. The SMILES string of the molecule is [NH-]c1ccc(N2CCN(CCCC(F)(F)F)CC2)cc1. The summed E-state index contributed by atoms with van der Waals surface area (Å²) in [7, 11) is 0. The van der Waals surface area contributed by atoms with Crippen LogP contribution in [-0.2, 0) is 0 Å². The molecule has 0 spiro atoms.